The van der Waals surface area contributed by atoms with E-state index in [0.29, 0.717) is 0 Å². The summed E-state index contributed by atoms with van der Waals surface area (Å²) in [5.74, 6) is 1.01. The minimum absolute atomic E-state index is 0.0429. The minimum atomic E-state index is 0.0429. The molecule has 0 atom stereocenters. The molecule has 2 rings (SSSR count). The molecule has 0 spiro atoms. The van der Waals surface area contributed by atoms with Crippen molar-refractivity contribution < 1.29 is 4.74 Å². The van der Waals surface area contributed by atoms with E-state index in [9.17, 15) is 0 Å². The van der Waals surface area contributed by atoms with Crippen LogP contribution >= 0.6 is 0 Å². The smallest absolute Gasteiger partial charge is 0.123 e. The van der Waals surface area contributed by atoms with Crippen molar-refractivity contribution in [1.29, 1.82) is 0 Å². The van der Waals surface area contributed by atoms with Crippen LogP contribution in [-0.4, -0.2) is 11.6 Å². The molecule has 0 heterocycles. The summed E-state index contributed by atoms with van der Waals surface area (Å²) < 4.78 is 5.84. The lowest BCUT2D eigenvalue weighted by molar-refractivity contribution is 0.239. The van der Waals surface area contributed by atoms with Crippen molar-refractivity contribution in [3.8, 4) is 5.75 Å². The van der Waals surface area contributed by atoms with E-state index in [0.717, 1.165) is 25.0 Å². The van der Waals surface area contributed by atoms with Gasteiger partial charge in [-0.05, 0) is 57.2 Å². The van der Waals surface area contributed by atoms with Crippen molar-refractivity contribution in [3.05, 3.63) is 29.3 Å². The maximum Gasteiger partial charge on any atom is 0.123 e. The van der Waals surface area contributed by atoms with E-state index in [1.54, 1.807) is 0 Å². The molecule has 0 aliphatic heterocycles. The Labute approximate surface area is 97.8 Å². The highest BCUT2D eigenvalue weighted by Crippen LogP contribution is 2.38. The summed E-state index contributed by atoms with van der Waals surface area (Å²) in [6, 6.07) is 6.23. The average Bonchev–Trinajstić information content (AvgIpc) is 2.90. The zero-order chi connectivity index (χ0) is 11.8. The molecule has 0 aromatic heterocycles. The number of benzene rings is 1. The molecule has 1 aliphatic carbocycles. The maximum atomic E-state index is 6.19. The zero-order valence-corrected chi connectivity index (χ0v) is 10.4. The third-order valence-electron chi connectivity index (χ3n) is 3.15. The molecule has 1 aliphatic rings. The Morgan fingerprint density at radius 1 is 1.38 bits per heavy atom. The van der Waals surface area contributed by atoms with Gasteiger partial charge in [-0.1, -0.05) is 12.1 Å². The monoisotopic (exact) mass is 219 g/mol. The average molecular weight is 219 g/mol. The molecule has 2 nitrogen and oxygen atoms in total. The molecule has 1 aromatic rings. The Bertz CT molecular complexity index is 380. The number of rotatable bonds is 4. The lowest BCUT2D eigenvalue weighted by atomic mass is 9.99. The molecule has 2 N–H and O–H groups in total. The second-order valence-electron chi connectivity index (χ2n) is 5.26. The molecule has 1 fully saturated rings. The van der Waals surface area contributed by atoms with Crippen LogP contribution in [0, 0.1) is 6.92 Å². The van der Waals surface area contributed by atoms with Gasteiger partial charge in [0, 0.05) is 5.54 Å². The van der Waals surface area contributed by atoms with E-state index in [1.807, 2.05) is 12.1 Å². The van der Waals surface area contributed by atoms with Gasteiger partial charge < -0.3 is 10.5 Å². The summed E-state index contributed by atoms with van der Waals surface area (Å²) >= 11 is 0. The maximum absolute atomic E-state index is 6.19. The first kappa shape index (κ1) is 11.5. The first-order valence-electron chi connectivity index (χ1n) is 6.04. The normalized spacial score (nSPS) is 17.6. The van der Waals surface area contributed by atoms with Crippen LogP contribution in [0.2, 0.25) is 0 Å². The van der Waals surface area contributed by atoms with Crippen molar-refractivity contribution in [2.45, 2.75) is 51.7 Å². The fourth-order valence-corrected chi connectivity index (χ4v) is 1.96. The van der Waals surface area contributed by atoms with Gasteiger partial charge in [-0.15, -0.1) is 0 Å². The topological polar surface area (TPSA) is 35.2 Å². The van der Waals surface area contributed by atoms with E-state index in [-0.39, 0.29) is 11.6 Å². The summed E-state index contributed by atoms with van der Waals surface area (Å²) in [7, 11) is 0. The second-order valence-corrected chi connectivity index (χ2v) is 5.26. The highest BCUT2D eigenvalue weighted by molar-refractivity contribution is 5.41. The Balaban J connectivity index is 2.25. The number of aryl methyl sites for hydroxylation is 1. The number of nitrogens with two attached hydrogens (primary N) is 1. The van der Waals surface area contributed by atoms with Gasteiger partial charge in [-0.25, -0.2) is 0 Å². The van der Waals surface area contributed by atoms with Gasteiger partial charge in [-0.3, -0.25) is 0 Å². The van der Waals surface area contributed by atoms with Crippen molar-refractivity contribution in [3.63, 3.8) is 0 Å². The van der Waals surface area contributed by atoms with E-state index < -0.39 is 0 Å². The Morgan fingerprint density at radius 3 is 2.62 bits per heavy atom. The molecule has 1 saturated carbocycles. The van der Waals surface area contributed by atoms with Crippen LogP contribution in [0.4, 0.5) is 0 Å². The molecular weight excluding hydrogens is 198 g/mol. The molecule has 88 valence electrons. The largest absolute Gasteiger partial charge is 0.491 e. The molecule has 0 saturated heterocycles. The summed E-state index contributed by atoms with van der Waals surface area (Å²) in [6.45, 7) is 6.25. The van der Waals surface area contributed by atoms with Gasteiger partial charge in [0.1, 0.15) is 5.75 Å². The van der Waals surface area contributed by atoms with Crippen LogP contribution in [0.5, 0.6) is 5.75 Å². The van der Waals surface area contributed by atoms with Gasteiger partial charge in [0.2, 0.25) is 0 Å². The van der Waals surface area contributed by atoms with E-state index >= 15 is 0 Å². The van der Waals surface area contributed by atoms with Crippen LogP contribution in [0.25, 0.3) is 0 Å². The Morgan fingerprint density at radius 2 is 2.06 bits per heavy atom. The van der Waals surface area contributed by atoms with Crippen LogP contribution in [0.3, 0.4) is 0 Å². The predicted octanol–water partition coefficient (Wildman–Crippen LogP) is 2.82. The van der Waals surface area contributed by atoms with E-state index in [2.05, 4.69) is 26.8 Å². The third-order valence-corrected chi connectivity index (χ3v) is 3.15. The number of hydrogen-bond donors (Lipinski definition) is 1. The summed E-state index contributed by atoms with van der Waals surface area (Å²) in [6.07, 6.45) is 3.44. The van der Waals surface area contributed by atoms with Crippen molar-refractivity contribution in [2.24, 2.45) is 5.73 Å². The fourth-order valence-electron chi connectivity index (χ4n) is 1.96. The molecule has 0 bridgehead atoms. The SMILES string of the molecule is Cc1cccc(OC(C)C)c1CC1(N)CC1. The fraction of sp³-hybridized carbons (Fsp3) is 0.571. The number of hydrogen-bond acceptors (Lipinski definition) is 2. The van der Waals surface area contributed by atoms with Gasteiger partial charge in [0.15, 0.2) is 0 Å². The van der Waals surface area contributed by atoms with Crippen molar-refractivity contribution in [2.75, 3.05) is 0 Å². The van der Waals surface area contributed by atoms with Gasteiger partial charge in [0.05, 0.1) is 6.10 Å². The molecule has 0 radical (unpaired) electrons. The van der Waals surface area contributed by atoms with Crippen LogP contribution in [-0.2, 0) is 6.42 Å². The van der Waals surface area contributed by atoms with Crippen LogP contribution < -0.4 is 10.5 Å². The first-order chi connectivity index (χ1) is 7.50. The van der Waals surface area contributed by atoms with E-state index in [4.69, 9.17) is 10.5 Å². The van der Waals surface area contributed by atoms with Gasteiger partial charge in [0.25, 0.3) is 0 Å². The molecule has 2 heteroatoms. The Kier molecular flexibility index (Phi) is 2.94. The lowest BCUT2D eigenvalue weighted by Gasteiger charge is -2.18. The highest BCUT2D eigenvalue weighted by atomic mass is 16.5. The first-order valence-corrected chi connectivity index (χ1v) is 6.04. The predicted molar refractivity (Wildman–Crippen MR) is 66.8 cm³/mol. The standard InChI is InChI=1S/C14H21NO/c1-10(2)16-13-6-4-5-11(3)12(13)9-14(15)7-8-14/h4-6,10H,7-9,15H2,1-3H3. The Hall–Kier alpha value is -1.02. The molecule has 0 unspecified atom stereocenters. The van der Waals surface area contributed by atoms with Crippen LogP contribution in [0.15, 0.2) is 18.2 Å². The minimum Gasteiger partial charge on any atom is -0.491 e. The second kappa shape index (κ2) is 4.10. The summed E-state index contributed by atoms with van der Waals surface area (Å²) in [4.78, 5) is 0. The van der Waals surface area contributed by atoms with E-state index in [1.165, 1.54) is 11.1 Å². The zero-order valence-electron chi connectivity index (χ0n) is 10.4. The summed E-state index contributed by atoms with van der Waals surface area (Å²) in [5, 5.41) is 0. The van der Waals surface area contributed by atoms with Gasteiger partial charge >= 0.3 is 0 Å². The van der Waals surface area contributed by atoms with Crippen LogP contribution in [0.1, 0.15) is 37.8 Å². The summed E-state index contributed by atoms with van der Waals surface area (Å²) in [5.41, 5.74) is 8.81. The number of ether oxygens (including phenoxy) is 1. The molecule has 16 heavy (non-hydrogen) atoms. The molecule has 0 amide bonds. The lowest BCUT2D eigenvalue weighted by Crippen LogP contribution is -2.25. The third kappa shape index (κ3) is 2.56. The highest BCUT2D eigenvalue weighted by Gasteiger charge is 2.39. The van der Waals surface area contributed by atoms with Crippen molar-refractivity contribution >= 4 is 0 Å². The van der Waals surface area contributed by atoms with Crippen molar-refractivity contribution in [1.82, 2.24) is 0 Å². The molecule has 1 aromatic carbocycles. The molecular formula is C14H21NO. The quantitative estimate of drug-likeness (QED) is 0.845. The van der Waals surface area contributed by atoms with Gasteiger partial charge in [-0.2, -0.15) is 0 Å².